The summed E-state index contributed by atoms with van der Waals surface area (Å²) < 4.78 is 0. The quantitative estimate of drug-likeness (QED) is 0.835. The Bertz CT molecular complexity index is 430. The molecule has 0 heterocycles. The van der Waals surface area contributed by atoms with Crippen LogP contribution in [0.25, 0.3) is 0 Å². The van der Waals surface area contributed by atoms with Gasteiger partial charge >= 0.3 is 5.97 Å². The zero-order valence-electron chi connectivity index (χ0n) is 11.5. The molecule has 0 aliphatic rings. The van der Waals surface area contributed by atoms with Crippen molar-refractivity contribution in [3.63, 3.8) is 0 Å². The lowest BCUT2D eigenvalue weighted by Crippen LogP contribution is -2.35. The molecule has 0 aliphatic heterocycles. The number of carbonyl (C=O) groups is 1. The highest BCUT2D eigenvalue weighted by atomic mass is 16.4. The molecule has 0 aromatic heterocycles. The predicted octanol–water partition coefficient (Wildman–Crippen LogP) is 1.71. The first kappa shape index (κ1) is 14.7. The number of benzene rings is 1. The minimum Gasteiger partial charge on any atom is -0.480 e. The second kappa shape index (κ2) is 5.98. The van der Waals surface area contributed by atoms with Crippen molar-refractivity contribution in [3.05, 3.63) is 34.9 Å². The number of aryl methyl sites for hydroxylation is 2. The monoisotopic (exact) mass is 250 g/mol. The molecule has 1 aromatic rings. The van der Waals surface area contributed by atoms with Gasteiger partial charge in [0.2, 0.25) is 0 Å². The smallest absolute Gasteiger partial charge is 0.320 e. The third-order valence-electron chi connectivity index (χ3n) is 3.20. The summed E-state index contributed by atoms with van der Waals surface area (Å²) in [5.74, 6) is -0.952. The molecule has 0 bridgehead atoms. The molecule has 1 aromatic carbocycles. The normalized spacial score (nSPS) is 14.6. The summed E-state index contributed by atoms with van der Waals surface area (Å²) in [6.07, 6.45) is 0.409. The lowest BCUT2D eigenvalue weighted by Gasteiger charge is -2.27. The van der Waals surface area contributed by atoms with Gasteiger partial charge in [-0.1, -0.05) is 23.8 Å². The highest BCUT2D eigenvalue weighted by Gasteiger charge is 2.22. The van der Waals surface area contributed by atoms with Gasteiger partial charge in [-0.05, 0) is 45.5 Å². The highest BCUT2D eigenvalue weighted by Crippen LogP contribution is 2.26. The molecular weight excluding hydrogens is 228 g/mol. The fourth-order valence-electron chi connectivity index (χ4n) is 2.16. The van der Waals surface area contributed by atoms with Gasteiger partial charge in [-0.15, -0.1) is 0 Å². The van der Waals surface area contributed by atoms with Gasteiger partial charge in [-0.2, -0.15) is 0 Å². The van der Waals surface area contributed by atoms with E-state index in [1.165, 1.54) is 11.1 Å². The van der Waals surface area contributed by atoms with Crippen LogP contribution in [0.5, 0.6) is 0 Å². The zero-order valence-corrected chi connectivity index (χ0v) is 11.5. The Labute approximate surface area is 108 Å². The van der Waals surface area contributed by atoms with Crippen LogP contribution in [0.3, 0.4) is 0 Å². The van der Waals surface area contributed by atoms with E-state index < -0.39 is 12.0 Å². The Morgan fingerprint density at radius 1 is 1.39 bits per heavy atom. The number of hydrogen-bond acceptors (Lipinski definition) is 3. The van der Waals surface area contributed by atoms with Crippen LogP contribution in [0.15, 0.2) is 18.2 Å². The Morgan fingerprint density at radius 2 is 2.00 bits per heavy atom. The van der Waals surface area contributed by atoms with Crippen molar-refractivity contribution in [1.82, 2.24) is 4.90 Å². The Morgan fingerprint density at radius 3 is 2.44 bits per heavy atom. The number of aliphatic carboxylic acids is 1. The van der Waals surface area contributed by atoms with Crippen molar-refractivity contribution in [3.8, 4) is 0 Å². The third-order valence-corrected chi connectivity index (χ3v) is 3.20. The maximum Gasteiger partial charge on any atom is 0.320 e. The predicted molar refractivity (Wildman–Crippen MR) is 72.6 cm³/mol. The average molecular weight is 250 g/mol. The largest absolute Gasteiger partial charge is 0.480 e. The zero-order chi connectivity index (χ0) is 13.9. The van der Waals surface area contributed by atoms with E-state index in [9.17, 15) is 4.79 Å². The summed E-state index contributed by atoms with van der Waals surface area (Å²) >= 11 is 0. The number of carboxylic acid groups (broad SMARTS) is 1. The number of nitrogens with two attached hydrogens (primary N) is 1. The second-order valence-electron chi connectivity index (χ2n) is 5.02. The summed E-state index contributed by atoms with van der Waals surface area (Å²) in [7, 11) is 3.89. The van der Waals surface area contributed by atoms with E-state index in [1.807, 2.05) is 38.9 Å². The van der Waals surface area contributed by atoms with Crippen molar-refractivity contribution in [2.45, 2.75) is 32.4 Å². The number of nitrogens with zero attached hydrogens (tertiary/aromatic N) is 1. The van der Waals surface area contributed by atoms with E-state index in [1.54, 1.807) is 0 Å². The maximum absolute atomic E-state index is 10.9. The SMILES string of the molecule is Cc1ccc(C(CC(N)C(=O)O)N(C)C)c(C)c1. The van der Waals surface area contributed by atoms with Gasteiger partial charge in [0.05, 0.1) is 0 Å². The second-order valence-corrected chi connectivity index (χ2v) is 5.02. The highest BCUT2D eigenvalue weighted by molar-refractivity contribution is 5.73. The van der Waals surface area contributed by atoms with Crippen molar-refractivity contribution < 1.29 is 9.90 Å². The van der Waals surface area contributed by atoms with Gasteiger partial charge in [0, 0.05) is 6.04 Å². The summed E-state index contributed by atoms with van der Waals surface area (Å²) in [4.78, 5) is 12.9. The van der Waals surface area contributed by atoms with Gasteiger partial charge in [-0.25, -0.2) is 0 Å². The molecule has 2 unspecified atom stereocenters. The minimum atomic E-state index is -0.952. The molecule has 4 heteroatoms. The molecule has 1 rings (SSSR count). The molecule has 4 nitrogen and oxygen atoms in total. The van der Waals surface area contributed by atoms with Gasteiger partial charge in [-0.3, -0.25) is 4.79 Å². The molecule has 2 atom stereocenters. The summed E-state index contributed by atoms with van der Waals surface area (Å²) in [6, 6.07) is 5.41. The molecule has 0 amide bonds. The molecule has 0 spiro atoms. The van der Waals surface area contributed by atoms with Crippen LogP contribution in [0.1, 0.15) is 29.2 Å². The molecule has 0 saturated heterocycles. The van der Waals surface area contributed by atoms with Crippen LogP contribution in [0, 0.1) is 13.8 Å². The molecular formula is C14H22N2O2. The van der Waals surface area contributed by atoms with Crippen molar-refractivity contribution in [1.29, 1.82) is 0 Å². The Hall–Kier alpha value is -1.39. The Kier molecular flexibility index (Phi) is 4.87. The van der Waals surface area contributed by atoms with Crippen molar-refractivity contribution >= 4 is 5.97 Å². The minimum absolute atomic E-state index is 0.0247. The molecule has 0 saturated carbocycles. The summed E-state index contributed by atoms with van der Waals surface area (Å²) in [6.45, 7) is 4.09. The summed E-state index contributed by atoms with van der Waals surface area (Å²) in [5, 5.41) is 8.93. The molecule has 18 heavy (non-hydrogen) atoms. The molecule has 0 radical (unpaired) electrons. The van der Waals surface area contributed by atoms with Crippen LogP contribution in [-0.4, -0.2) is 36.1 Å². The lowest BCUT2D eigenvalue weighted by molar-refractivity contribution is -0.139. The molecule has 3 N–H and O–H groups in total. The van der Waals surface area contributed by atoms with Crippen molar-refractivity contribution in [2.24, 2.45) is 5.73 Å². The van der Waals surface area contributed by atoms with E-state index in [0.29, 0.717) is 6.42 Å². The number of hydrogen-bond donors (Lipinski definition) is 2. The van der Waals surface area contributed by atoms with E-state index in [4.69, 9.17) is 10.8 Å². The van der Waals surface area contributed by atoms with Crippen LogP contribution in [0.4, 0.5) is 0 Å². The lowest BCUT2D eigenvalue weighted by atomic mass is 9.94. The number of carboxylic acids is 1. The fraction of sp³-hybridized carbons (Fsp3) is 0.500. The number of rotatable bonds is 5. The Balaban J connectivity index is 3.01. The molecule has 100 valence electrons. The average Bonchev–Trinajstić information content (AvgIpc) is 2.26. The van der Waals surface area contributed by atoms with Gasteiger partial charge in [0.1, 0.15) is 6.04 Å². The first-order chi connectivity index (χ1) is 8.32. The van der Waals surface area contributed by atoms with Crippen LogP contribution in [-0.2, 0) is 4.79 Å². The van der Waals surface area contributed by atoms with Crippen molar-refractivity contribution in [2.75, 3.05) is 14.1 Å². The summed E-state index contributed by atoms with van der Waals surface area (Å²) in [5.41, 5.74) is 9.16. The first-order valence-corrected chi connectivity index (χ1v) is 6.05. The van der Waals surface area contributed by atoms with E-state index >= 15 is 0 Å². The first-order valence-electron chi connectivity index (χ1n) is 6.05. The third kappa shape index (κ3) is 3.55. The van der Waals surface area contributed by atoms with Crippen LogP contribution in [0.2, 0.25) is 0 Å². The van der Waals surface area contributed by atoms with Crippen LogP contribution >= 0.6 is 0 Å². The van der Waals surface area contributed by atoms with Crippen LogP contribution < -0.4 is 5.73 Å². The molecule has 0 aliphatic carbocycles. The van der Waals surface area contributed by atoms with Gasteiger partial charge in [0.25, 0.3) is 0 Å². The topological polar surface area (TPSA) is 66.6 Å². The van der Waals surface area contributed by atoms with E-state index in [0.717, 1.165) is 5.56 Å². The van der Waals surface area contributed by atoms with E-state index in [2.05, 4.69) is 12.1 Å². The maximum atomic E-state index is 10.9. The van der Waals surface area contributed by atoms with Gasteiger partial charge < -0.3 is 15.7 Å². The standard InChI is InChI=1S/C14H22N2O2/c1-9-5-6-11(10(2)7-9)13(16(3)4)8-12(15)14(17)18/h5-7,12-13H,8,15H2,1-4H3,(H,17,18). The molecule has 0 fully saturated rings. The van der Waals surface area contributed by atoms with Gasteiger partial charge in [0.15, 0.2) is 0 Å². The van der Waals surface area contributed by atoms with E-state index in [-0.39, 0.29) is 6.04 Å². The fourth-order valence-corrected chi connectivity index (χ4v) is 2.16.